The lowest BCUT2D eigenvalue weighted by atomic mass is 10.2. The second kappa shape index (κ2) is 8.38. The molecular weight excluding hydrogens is 404 g/mol. The van der Waals surface area contributed by atoms with Gasteiger partial charge in [-0.25, -0.2) is 8.42 Å². The fourth-order valence-corrected chi connectivity index (χ4v) is 5.61. The predicted octanol–water partition coefficient (Wildman–Crippen LogP) is 3.00. The predicted molar refractivity (Wildman–Crippen MR) is 111 cm³/mol. The Bertz CT molecular complexity index is 1030. The number of ether oxygens (including phenoxy) is 1. The third-order valence-electron chi connectivity index (χ3n) is 5.48. The van der Waals surface area contributed by atoms with Gasteiger partial charge in [0.1, 0.15) is 6.07 Å². The van der Waals surface area contributed by atoms with Crippen LogP contribution < -0.4 is 4.90 Å². The molecule has 160 valence electrons. The first kappa shape index (κ1) is 20.8. The second-order valence-electron chi connectivity index (χ2n) is 7.94. The first-order valence-corrected chi connectivity index (χ1v) is 11.7. The number of rotatable bonds is 4. The summed E-state index contributed by atoms with van der Waals surface area (Å²) in [6, 6.07) is 8.61. The number of benzene rings is 1. The van der Waals surface area contributed by atoms with Crippen molar-refractivity contribution in [3.63, 3.8) is 0 Å². The lowest BCUT2D eigenvalue weighted by Gasteiger charge is -2.34. The van der Waals surface area contributed by atoms with Crippen LogP contribution >= 0.6 is 0 Å². The molecule has 2 atom stereocenters. The zero-order valence-corrected chi connectivity index (χ0v) is 18.1. The molecular formula is C21H26N4O4S. The van der Waals surface area contributed by atoms with Crippen molar-refractivity contribution < 1.29 is 17.6 Å². The molecule has 2 aromatic rings. The first-order valence-electron chi connectivity index (χ1n) is 10.3. The minimum atomic E-state index is -3.49. The van der Waals surface area contributed by atoms with Gasteiger partial charge < -0.3 is 14.1 Å². The molecule has 0 radical (unpaired) electrons. The monoisotopic (exact) mass is 430 g/mol. The Hall–Kier alpha value is -2.41. The van der Waals surface area contributed by atoms with Gasteiger partial charge in [-0.05, 0) is 51.0 Å². The minimum Gasteiger partial charge on any atom is -0.419 e. The molecule has 0 amide bonds. The lowest BCUT2D eigenvalue weighted by molar-refractivity contribution is -0.00638. The van der Waals surface area contributed by atoms with E-state index in [1.165, 1.54) is 0 Å². The van der Waals surface area contributed by atoms with Crippen molar-refractivity contribution >= 4 is 15.9 Å². The highest BCUT2D eigenvalue weighted by Gasteiger charge is 2.29. The summed E-state index contributed by atoms with van der Waals surface area (Å²) in [6.07, 6.45) is 2.90. The summed E-state index contributed by atoms with van der Waals surface area (Å²) >= 11 is 0. The highest BCUT2D eigenvalue weighted by molar-refractivity contribution is 7.89. The Morgan fingerprint density at radius 3 is 2.30 bits per heavy atom. The van der Waals surface area contributed by atoms with Crippen LogP contribution in [0.3, 0.4) is 0 Å². The number of anilines is 1. The maximum absolute atomic E-state index is 12.8. The van der Waals surface area contributed by atoms with Crippen molar-refractivity contribution in [3.8, 4) is 17.5 Å². The molecule has 30 heavy (non-hydrogen) atoms. The Labute approximate surface area is 177 Å². The molecule has 2 saturated heterocycles. The zero-order chi connectivity index (χ0) is 21.3. The normalized spacial score (nSPS) is 23.3. The molecule has 3 heterocycles. The van der Waals surface area contributed by atoms with E-state index in [0.717, 1.165) is 19.3 Å². The SMILES string of the molecule is C[C@H]1CN(c2oc(-c3ccc(S(=O)(=O)N4CCCCC4)cc3)nc2C#N)C[C@H](C)O1. The van der Waals surface area contributed by atoms with Gasteiger partial charge in [-0.1, -0.05) is 6.42 Å². The summed E-state index contributed by atoms with van der Waals surface area (Å²) in [5, 5.41) is 9.52. The molecule has 2 fully saturated rings. The van der Waals surface area contributed by atoms with Crippen molar-refractivity contribution in [2.45, 2.75) is 50.2 Å². The van der Waals surface area contributed by atoms with Crippen LogP contribution in [0, 0.1) is 11.3 Å². The van der Waals surface area contributed by atoms with Crippen molar-refractivity contribution in [2.75, 3.05) is 31.1 Å². The average Bonchev–Trinajstić information content (AvgIpc) is 3.18. The average molecular weight is 431 g/mol. The van der Waals surface area contributed by atoms with Crippen molar-refractivity contribution in [1.82, 2.24) is 9.29 Å². The van der Waals surface area contributed by atoms with Gasteiger partial charge in [0.15, 0.2) is 0 Å². The molecule has 0 N–H and O–H groups in total. The van der Waals surface area contributed by atoms with Crippen LogP contribution in [0.2, 0.25) is 0 Å². The summed E-state index contributed by atoms with van der Waals surface area (Å²) in [6.45, 7) is 6.31. The maximum Gasteiger partial charge on any atom is 0.243 e. The van der Waals surface area contributed by atoms with Gasteiger partial charge in [-0.3, -0.25) is 0 Å². The highest BCUT2D eigenvalue weighted by atomic mass is 32.2. The molecule has 8 nitrogen and oxygen atoms in total. The van der Waals surface area contributed by atoms with Crippen LogP contribution in [0.1, 0.15) is 38.8 Å². The summed E-state index contributed by atoms with van der Waals surface area (Å²) in [5.41, 5.74) is 0.848. The second-order valence-corrected chi connectivity index (χ2v) is 9.87. The van der Waals surface area contributed by atoms with Gasteiger partial charge in [0.25, 0.3) is 0 Å². The van der Waals surface area contributed by atoms with Gasteiger partial charge in [0, 0.05) is 31.7 Å². The van der Waals surface area contributed by atoms with E-state index in [1.54, 1.807) is 28.6 Å². The van der Waals surface area contributed by atoms with E-state index in [-0.39, 0.29) is 22.8 Å². The van der Waals surface area contributed by atoms with Gasteiger partial charge >= 0.3 is 0 Å². The van der Waals surface area contributed by atoms with Gasteiger partial charge in [-0.15, -0.1) is 0 Å². The zero-order valence-electron chi connectivity index (χ0n) is 17.2. The number of morpholine rings is 1. The highest BCUT2D eigenvalue weighted by Crippen LogP contribution is 2.31. The number of sulfonamides is 1. The number of nitriles is 1. The Kier molecular flexibility index (Phi) is 5.82. The molecule has 2 aliphatic heterocycles. The van der Waals surface area contributed by atoms with Crippen molar-refractivity contribution in [1.29, 1.82) is 5.26 Å². The van der Waals surface area contributed by atoms with Crippen LogP contribution in [-0.2, 0) is 14.8 Å². The maximum atomic E-state index is 12.8. The number of nitrogens with zero attached hydrogens (tertiary/aromatic N) is 4. The van der Waals surface area contributed by atoms with E-state index in [4.69, 9.17) is 9.15 Å². The standard InChI is InChI=1S/C21H26N4O4S/c1-15-13-24(14-16(2)28-15)21-19(12-22)23-20(29-21)17-6-8-18(9-7-17)30(26,27)25-10-4-3-5-11-25/h6-9,15-16H,3-5,10-11,13-14H2,1-2H3/t15-,16-/m0/s1. The molecule has 4 rings (SSSR count). The third-order valence-corrected chi connectivity index (χ3v) is 7.39. The topological polar surface area (TPSA) is 99.7 Å². The minimum absolute atomic E-state index is 0.0214. The molecule has 9 heteroatoms. The van der Waals surface area contributed by atoms with Gasteiger partial charge in [0.2, 0.25) is 27.5 Å². The molecule has 0 saturated carbocycles. The van der Waals surface area contributed by atoms with Crippen LogP contribution in [0.25, 0.3) is 11.5 Å². The number of aromatic nitrogens is 1. The van der Waals surface area contributed by atoms with Crippen molar-refractivity contribution in [2.24, 2.45) is 0 Å². The van der Waals surface area contributed by atoms with Crippen LogP contribution in [-0.4, -0.2) is 56.1 Å². The van der Waals surface area contributed by atoms with Crippen LogP contribution in [0.5, 0.6) is 0 Å². The molecule has 1 aromatic heterocycles. The summed E-state index contributed by atoms with van der Waals surface area (Å²) in [4.78, 5) is 6.57. The molecule has 0 spiro atoms. The lowest BCUT2D eigenvalue weighted by Crippen LogP contribution is -2.45. The van der Waals surface area contributed by atoms with E-state index in [0.29, 0.717) is 43.5 Å². The van der Waals surface area contributed by atoms with Crippen LogP contribution in [0.15, 0.2) is 33.6 Å². The van der Waals surface area contributed by atoms with E-state index in [2.05, 4.69) is 11.1 Å². The van der Waals surface area contributed by atoms with E-state index in [1.807, 2.05) is 18.7 Å². The summed E-state index contributed by atoms with van der Waals surface area (Å²) in [7, 11) is -3.49. The Morgan fingerprint density at radius 1 is 1.07 bits per heavy atom. The van der Waals surface area contributed by atoms with Gasteiger partial charge in [-0.2, -0.15) is 14.6 Å². The van der Waals surface area contributed by atoms with E-state index < -0.39 is 10.0 Å². The molecule has 1 aromatic carbocycles. The fraction of sp³-hybridized carbons (Fsp3) is 0.524. The Balaban J connectivity index is 1.59. The fourth-order valence-electron chi connectivity index (χ4n) is 4.09. The van der Waals surface area contributed by atoms with Crippen LogP contribution in [0.4, 0.5) is 5.88 Å². The molecule has 0 aliphatic carbocycles. The largest absolute Gasteiger partial charge is 0.419 e. The number of piperidine rings is 1. The molecule has 0 bridgehead atoms. The smallest absolute Gasteiger partial charge is 0.243 e. The number of hydrogen-bond acceptors (Lipinski definition) is 7. The van der Waals surface area contributed by atoms with Crippen molar-refractivity contribution in [3.05, 3.63) is 30.0 Å². The first-order chi connectivity index (χ1) is 14.4. The van der Waals surface area contributed by atoms with E-state index in [9.17, 15) is 13.7 Å². The third kappa shape index (κ3) is 4.08. The van der Waals surface area contributed by atoms with E-state index >= 15 is 0 Å². The molecule has 0 unspecified atom stereocenters. The number of oxazole rings is 1. The summed E-state index contributed by atoms with van der Waals surface area (Å²) in [5.74, 6) is 0.731. The van der Waals surface area contributed by atoms with Gasteiger partial charge in [0.05, 0.1) is 17.1 Å². The summed E-state index contributed by atoms with van der Waals surface area (Å²) < 4.78 is 38.9. The molecule has 2 aliphatic rings. The number of hydrogen-bond donors (Lipinski definition) is 0. The quantitative estimate of drug-likeness (QED) is 0.735. The Morgan fingerprint density at radius 2 is 1.70 bits per heavy atom.